The first-order valence-electron chi connectivity index (χ1n) is 10.9. The maximum atomic E-state index is 10.9. The third-order valence-electron chi connectivity index (χ3n) is 6.37. The molecule has 0 bridgehead atoms. The van der Waals surface area contributed by atoms with Crippen LogP contribution in [0.4, 0.5) is 0 Å². The summed E-state index contributed by atoms with van der Waals surface area (Å²) in [5.74, 6) is 0.741. The van der Waals surface area contributed by atoms with Crippen LogP contribution in [-0.2, 0) is 11.2 Å². The number of carboxylic acids is 1. The van der Waals surface area contributed by atoms with Gasteiger partial charge in [-0.3, -0.25) is 4.90 Å². The minimum atomic E-state index is -0.864. The largest absolute Gasteiger partial charge is 0.478 e. The van der Waals surface area contributed by atoms with Crippen molar-refractivity contribution in [2.75, 3.05) is 26.2 Å². The number of hydrogen-bond acceptors (Lipinski definition) is 3. The minimum Gasteiger partial charge on any atom is -0.478 e. The molecule has 154 valence electrons. The maximum absolute atomic E-state index is 10.9. The second kappa shape index (κ2) is 9.55. The lowest BCUT2D eigenvalue weighted by Crippen LogP contribution is -2.42. The fourth-order valence-electron chi connectivity index (χ4n) is 4.55. The van der Waals surface area contributed by atoms with Crippen molar-refractivity contribution in [1.29, 1.82) is 0 Å². The summed E-state index contributed by atoms with van der Waals surface area (Å²) in [5.41, 5.74) is 3.07. The summed E-state index contributed by atoms with van der Waals surface area (Å²) < 4.78 is 6.03. The molecule has 1 aliphatic heterocycles. The molecule has 1 N–H and O–H groups in total. The van der Waals surface area contributed by atoms with Crippen LogP contribution in [0, 0.1) is 5.92 Å². The Morgan fingerprint density at radius 1 is 1.07 bits per heavy atom. The Hall–Kier alpha value is -2.17. The van der Waals surface area contributed by atoms with Gasteiger partial charge in [0.05, 0.1) is 18.3 Å². The number of nitrogens with zero attached hydrogens (tertiary/aromatic N) is 1. The molecule has 0 radical (unpaired) electrons. The van der Waals surface area contributed by atoms with Crippen molar-refractivity contribution in [3.63, 3.8) is 0 Å². The molecule has 1 saturated carbocycles. The van der Waals surface area contributed by atoms with Crippen molar-refractivity contribution in [3.05, 3.63) is 71.3 Å². The molecular formula is C25H31NO3. The van der Waals surface area contributed by atoms with Crippen LogP contribution in [0.1, 0.15) is 53.1 Å². The molecule has 29 heavy (non-hydrogen) atoms. The second-order valence-electron chi connectivity index (χ2n) is 8.49. The van der Waals surface area contributed by atoms with Crippen LogP contribution in [0.5, 0.6) is 0 Å². The molecule has 2 aromatic rings. The van der Waals surface area contributed by atoms with E-state index in [0.29, 0.717) is 11.7 Å². The van der Waals surface area contributed by atoms with E-state index in [1.165, 1.54) is 30.4 Å². The molecule has 2 aliphatic rings. The van der Waals surface area contributed by atoms with Gasteiger partial charge >= 0.3 is 5.97 Å². The highest BCUT2D eigenvalue weighted by Crippen LogP contribution is 2.50. The van der Waals surface area contributed by atoms with Crippen LogP contribution >= 0.6 is 0 Å². The van der Waals surface area contributed by atoms with Crippen LogP contribution in [0.3, 0.4) is 0 Å². The Kier molecular flexibility index (Phi) is 6.63. The zero-order valence-electron chi connectivity index (χ0n) is 17.0. The normalized spacial score (nSPS) is 24.3. The summed E-state index contributed by atoms with van der Waals surface area (Å²) >= 11 is 0. The first-order valence-corrected chi connectivity index (χ1v) is 10.9. The average Bonchev–Trinajstić information content (AvgIpc) is 3.53. The average molecular weight is 394 g/mol. The Morgan fingerprint density at radius 3 is 2.62 bits per heavy atom. The van der Waals surface area contributed by atoms with Gasteiger partial charge in [0, 0.05) is 13.1 Å². The van der Waals surface area contributed by atoms with Crippen molar-refractivity contribution in [3.8, 4) is 0 Å². The van der Waals surface area contributed by atoms with Gasteiger partial charge in [-0.1, -0.05) is 42.5 Å². The highest BCUT2D eigenvalue weighted by Gasteiger charge is 2.38. The van der Waals surface area contributed by atoms with Crippen LogP contribution < -0.4 is 0 Å². The molecule has 4 heteroatoms. The highest BCUT2D eigenvalue weighted by atomic mass is 16.5. The number of carbonyl (C=O) groups is 1. The number of hydrogen-bond donors (Lipinski definition) is 1. The standard InChI is InChI=1S/C25H31NO3/c27-25(28)21-10-8-19(9-11-21)5-4-14-26-15-16-29-23(18-26)13-12-22-17-24(22)20-6-2-1-3-7-20/h1-3,6-11,22-24H,4-5,12-18H2,(H,27,28)/t22-,23?,24+/m1/s1. The summed E-state index contributed by atoms with van der Waals surface area (Å²) in [5, 5.41) is 8.98. The van der Waals surface area contributed by atoms with E-state index in [1.54, 1.807) is 12.1 Å². The van der Waals surface area contributed by atoms with E-state index in [4.69, 9.17) is 9.84 Å². The SMILES string of the molecule is O=C(O)c1ccc(CCCN2CCOC(CC[C@@H]3C[C@H]3c3ccccc3)C2)cc1. The second-order valence-corrected chi connectivity index (χ2v) is 8.49. The number of morpholine rings is 1. The maximum Gasteiger partial charge on any atom is 0.335 e. The Morgan fingerprint density at radius 2 is 1.86 bits per heavy atom. The predicted molar refractivity (Wildman–Crippen MR) is 114 cm³/mol. The number of benzene rings is 2. The van der Waals surface area contributed by atoms with Gasteiger partial charge < -0.3 is 9.84 Å². The van der Waals surface area contributed by atoms with Gasteiger partial charge in [0.15, 0.2) is 0 Å². The lowest BCUT2D eigenvalue weighted by atomic mass is 10.0. The first kappa shape index (κ1) is 20.1. The van der Waals surface area contributed by atoms with Gasteiger partial charge in [0.25, 0.3) is 0 Å². The quantitative estimate of drug-likeness (QED) is 0.676. The van der Waals surface area contributed by atoms with Crippen LogP contribution in [-0.4, -0.2) is 48.3 Å². The molecule has 3 atom stereocenters. The van der Waals surface area contributed by atoms with Gasteiger partial charge in [-0.2, -0.15) is 0 Å². The molecule has 0 spiro atoms. The number of aryl methyl sites for hydroxylation is 1. The molecule has 4 rings (SSSR count). The predicted octanol–water partition coefficient (Wildman–Crippen LogP) is 4.60. The smallest absolute Gasteiger partial charge is 0.335 e. The molecule has 4 nitrogen and oxygen atoms in total. The summed E-state index contributed by atoms with van der Waals surface area (Å²) in [6.07, 6.45) is 6.23. The van der Waals surface area contributed by atoms with Gasteiger partial charge in [-0.15, -0.1) is 0 Å². The molecular weight excluding hydrogens is 362 g/mol. The van der Waals surface area contributed by atoms with Crippen molar-refractivity contribution in [1.82, 2.24) is 4.90 Å². The van der Waals surface area contributed by atoms with Crippen molar-refractivity contribution in [2.24, 2.45) is 5.92 Å². The summed E-state index contributed by atoms with van der Waals surface area (Å²) in [4.78, 5) is 13.5. The fourth-order valence-corrected chi connectivity index (χ4v) is 4.55. The molecule has 2 aromatic carbocycles. The summed E-state index contributed by atoms with van der Waals surface area (Å²) in [7, 11) is 0. The molecule has 1 heterocycles. The van der Waals surface area contributed by atoms with Crippen molar-refractivity contribution in [2.45, 2.75) is 44.1 Å². The van der Waals surface area contributed by atoms with Gasteiger partial charge in [-0.25, -0.2) is 4.79 Å². The molecule has 1 unspecified atom stereocenters. The number of aromatic carboxylic acids is 1. The topological polar surface area (TPSA) is 49.8 Å². The Labute approximate surface area is 173 Å². The van der Waals surface area contributed by atoms with E-state index in [2.05, 4.69) is 35.2 Å². The monoisotopic (exact) mass is 393 g/mol. The first-order chi connectivity index (χ1) is 14.2. The Balaban J connectivity index is 1.15. The summed E-state index contributed by atoms with van der Waals surface area (Å²) in [6.45, 7) is 3.98. The van der Waals surface area contributed by atoms with Crippen molar-refractivity contribution < 1.29 is 14.6 Å². The Bertz CT molecular complexity index is 789. The van der Waals surface area contributed by atoms with Crippen LogP contribution in [0.15, 0.2) is 54.6 Å². The number of ether oxygens (including phenoxy) is 1. The molecule has 1 aliphatic carbocycles. The highest BCUT2D eigenvalue weighted by molar-refractivity contribution is 5.87. The summed E-state index contributed by atoms with van der Waals surface area (Å²) in [6, 6.07) is 18.2. The third kappa shape index (κ3) is 5.68. The van der Waals surface area contributed by atoms with Gasteiger partial charge in [-0.05, 0) is 73.7 Å². The lowest BCUT2D eigenvalue weighted by molar-refractivity contribution is -0.0335. The van der Waals surface area contributed by atoms with E-state index < -0.39 is 5.97 Å². The van der Waals surface area contributed by atoms with Crippen LogP contribution in [0.2, 0.25) is 0 Å². The van der Waals surface area contributed by atoms with E-state index in [0.717, 1.165) is 50.9 Å². The van der Waals surface area contributed by atoms with E-state index in [-0.39, 0.29) is 0 Å². The fraction of sp³-hybridized carbons (Fsp3) is 0.480. The zero-order valence-corrected chi connectivity index (χ0v) is 17.0. The molecule has 0 amide bonds. The van der Waals surface area contributed by atoms with E-state index >= 15 is 0 Å². The minimum absolute atomic E-state index is 0.356. The van der Waals surface area contributed by atoms with Crippen LogP contribution in [0.25, 0.3) is 0 Å². The molecule has 0 aromatic heterocycles. The third-order valence-corrected chi connectivity index (χ3v) is 6.37. The van der Waals surface area contributed by atoms with Gasteiger partial charge in [0.1, 0.15) is 0 Å². The molecule has 1 saturated heterocycles. The lowest BCUT2D eigenvalue weighted by Gasteiger charge is -2.33. The van der Waals surface area contributed by atoms with Crippen molar-refractivity contribution >= 4 is 5.97 Å². The number of rotatable bonds is 9. The van der Waals surface area contributed by atoms with E-state index in [1.807, 2.05) is 12.1 Å². The van der Waals surface area contributed by atoms with E-state index in [9.17, 15) is 4.79 Å². The van der Waals surface area contributed by atoms with Gasteiger partial charge in [0.2, 0.25) is 0 Å². The number of carboxylic acid groups (broad SMARTS) is 1. The zero-order chi connectivity index (χ0) is 20.1. The molecule has 2 fully saturated rings.